The van der Waals surface area contributed by atoms with E-state index in [1.165, 1.54) is 36.4 Å². The van der Waals surface area contributed by atoms with E-state index in [1.54, 1.807) is 0 Å². The maximum atomic E-state index is 13.7. The highest BCUT2D eigenvalue weighted by Crippen LogP contribution is 2.23. The van der Waals surface area contributed by atoms with Crippen molar-refractivity contribution < 1.29 is 22.7 Å². The molecule has 0 unspecified atom stereocenters. The first-order valence-corrected chi connectivity index (χ1v) is 7.83. The van der Waals surface area contributed by atoms with Gasteiger partial charge in [-0.15, -0.1) is 0 Å². The number of halogens is 2. The Hall–Kier alpha value is -1.92. The molecule has 0 spiro atoms. The fraction of sp³-hybridized carbons (Fsp3) is 0.0714. The summed E-state index contributed by atoms with van der Waals surface area (Å²) in [5.74, 6) is -2.75. The Labute approximate surface area is 125 Å². The minimum atomic E-state index is -3.99. The third-order valence-electron chi connectivity index (χ3n) is 2.81. The average Bonchev–Trinajstić information content (AvgIpc) is 2.42. The highest BCUT2D eigenvalue weighted by Gasteiger charge is 2.23. The molecule has 0 heterocycles. The molecule has 0 aliphatic carbocycles. The van der Waals surface area contributed by atoms with Crippen LogP contribution >= 0.6 is 11.6 Å². The third kappa shape index (κ3) is 3.40. The van der Waals surface area contributed by atoms with Gasteiger partial charge in [-0.2, -0.15) is 0 Å². The highest BCUT2D eigenvalue weighted by molar-refractivity contribution is 7.90. The second-order valence-corrected chi connectivity index (χ2v) is 6.69. The van der Waals surface area contributed by atoms with E-state index in [4.69, 9.17) is 16.7 Å². The van der Waals surface area contributed by atoms with E-state index >= 15 is 0 Å². The van der Waals surface area contributed by atoms with Crippen molar-refractivity contribution in [2.24, 2.45) is 0 Å². The molecule has 0 radical (unpaired) electrons. The van der Waals surface area contributed by atoms with Gasteiger partial charge in [0.2, 0.25) is 0 Å². The maximum absolute atomic E-state index is 13.7. The monoisotopic (exact) mass is 328 g/mol. The van der Waals surface area contributed by atoms with E-state index in [-0.39, 0.29) is 21.0 Å². The van der Waals surface area contributed by atoms with E-state index in [0.717, 1.165) is 6.07 Å². The van der Waals surface area contributed by atoms with Gasteiger partial charge in [-0.1, -0.05) is 29.8 Å². The fourth-order valence-electron chi connectivity index (χ4n) is 1.84. The number of hydrogen-bond donors (Lipinski definition) is 1. The van der Waals surface area contributed by atoms with E-state index in [2.05, 4.69) is 0 Å². The zero-order valence-electron chi connectivity index (χ0n) is 10.6. The lowest BCUT2D eigenvalue weighted by Crippen LogP contribution is -2.12. The zero-order chi connectivity index (χ0) is 15.6. The van der Waals surface area contributed by atoms with E-state index in [9.17, 15) is 17.6 Å². The predicted molar refractivity (Wildman–Crippen MR) is 75.7 cm³/mol. The Balaban J connectivity index is 2.46. The van der Waals surface area contributed by atoms with Gasteiger partial charge < -0.3 is 5.11 Å². The summed E-state index contributed by atoms with van der Waals surface area (Å²) in [6, 6.07) is 8.86. The summed E-state index contributed by atoms with van der Waals surface area (Å²) in [6.45, 7) is 0. The summed E-state index contributed by atoms with van der Waals surface area (Å²) in [7, 11) is -3.99. The first-order chi connectivity index (χ1) is 9.81. The average molecular weight is 329 g/mol. The van der Waals surface area contributed by atoms with E-state index in [1.807, 2.05) is 0 Å². The molecule has 0 aromatic heterocycles. The molecular weight excluding hydrogens is 319 g/mol. The van der Waals surface area contributed by atoms with Crippen LogP contribution in [0.2, 0.25) is 5.02 Å². The van der Waals surface area contributed by atoms with Crippen LogP contribution < -0.4 is 0 Å². The summed E-state index contributed by atoms with van der Waals surface area (Å²) in [5, 5.41) is 9.18. The molecule has 2 aromatic rings. The lowest BCUT2D eigenvalue weighted by molar-refractivity contribution is 0.0692. The van der Waals surface area contributed by atoms with Crippen LogP contribution in [-0.2, 0) is 15.6 Å². The Morgan fingerprint density at radius 1 is 1.19 bits per heavy atom. The number of hydrogen-bond acceptors (Lipinski definition) is 3. The standard InChI is InChI=1S/C14H10ClFO4S/c15-10-6-5-9(12(16)7-10)8-21(19,20)13-4-2-1-3-11(13)14(17)18/h1-7H,8H2,(H,17,18). The predicted octanol–water partition coefficient (Wildman–Crippen LogP) is 3.15. The van der Waals surface area contributed by atoms with Crippen molar-refractivity contribution in [1.82, 2.24) is 0 Å². The number of sulfone groups is 1. The van der Waals surface area contributed by atoms with Gasteiger partial charge in [0.05, 0.1) is 16.2 Å². The first-order valence-electron chi connectivity index (χ1n) is 5.80. The number of carboxylic acid groups (broad SMARTS) is 1. The Morgan fingerprint density at radius 3 is 2.48 bits per heavy atom. The van der Waals surface area contributed by atoms with Gasteiger partial charge in [0.15, 0.2) is 9.84 Å². The highest BCUT2D eigenvalue weighted by atomic mass is 35.5. The molecule has 0 aliphatic heterocycles. The molecule has 110 valence electrons. The SMILES string of the molecule is O=C(O)c1ccccc1S(=O)(=O)Cc1ccc(Cl)cc1F. The normalized spacial score (nSPS) is 11.3. The summed E-state index contributed by atoms with van der Waals surface area (Å²) >= 11 is 5.60. The van der Waals surface area contributed by atoms with Crippen molar-refractivity contribution in [2.45, 2.75) is 10.6 Å². The Morgan fingerprint density at radius 2 is 1.86 bits per heavy atom. The number of carbonyl (C=O) groups is 1. The lowest BCUT2D eigenvalue weighted by atomic mass is 10.2. The first kappa shape index (κ1) is 15.5. The minimum absolute atomic E-state index is 0.0698. The van der Waals surface area contributed by atoms with Crippen LogP contribution in [0, 0.1) is 5.82 Å². The number of benzene rings is 2. The van der Waals surface area contributed by atoms with Crippen molar-refractivity contribution in [1.29, 1.82) is 0 Å². The lowest BCUT2D eigenvalue weighted by Gasteiger charge is -2.08. The molecule has 0 amide bonds. The summed E-state index contributed by atoms with van der Waals surface area (Å²) < 4.78 is 38.3. The maximum Gasteiger partial charge on any atom is 0.337 e. The topological polar surface area (TPSA) is 71.4 Å². The van der Waals surface area contributed by atoms with Crippen LogP contribution in [-0.4, -0.2) is 19.5 Å². The van der Waals surface area contributed by atoms with Crippen molar-refractivity contribution in [3.8, 4) is 0 Å². The molecule has 2 aromatic carbocycles. The number of rotatable bonds is 4. The van der Waals surface area contributed by atoms with Crippen LogP contribution in [0.15, 0.2) is 47.4 Å². The molecule has 7 heteroatoms. The molecule has 4 nitrogen and oxygen atoms in total. The largest absolute Gasteiger partial charge is 0.478 e. The molecule has 0 atom stereocenters. The van der Waals surface area contributed by atoms with Gasteiger partial charge in [0, 0.05) is 10.6 Å². The summed E-state index contributed by atoms with van der Waals surface area (Å²) in [5.41, 5.74) is -0.411. The minimum Gasteiger partial charge on any atom is -0.478 e. The van der Waals surface area contributed by atoms with E-state index < -0.39 is 27.4 Å². The Kier molecular flexibility index (Phi) is 4.29. The molecule has 0 aliphatic rings. The van der Waals surface area contributed by atoms with E-state index in [0.29, 0.717) is 0 Å². The molecular formula is C14H10ClFO4S. The molecule has 21 heavy (non-hydrogen) atoms. The third-order valence-corrected chi connectivity index (χ3v) is 4.77. The van der Waals surface area contributed by atoms with Crippen molar-refractivity contribution in [2.75, 3.05) is 0 Å². The molecule has 1 N–H and O–H groups in total. The second kappa shape index (κ2) is 5.83. The zero-order valence-corrected chi connectivity index (χ0v) is 12.2. The molecule has 0 saturated carbocycles. The van der Waals surface area contributed by atoms with Gasteiger partial charge in [-0.25, -0.2) is 17.6 Å². The van der Waals surface area contributed by atoms with Crippen LogP contribution in [0.4, 0.5) is 4.39 Å². The number of aromatic carboxylic acids is 1. The van der Waals surface area contributed by atoms with Gasteiger partial charge in [0.25, 0.3) is 0 Å². The molecule has 2 rings (SSSR count). The van der Waals surface area contributed by atoms with Gasteiger partial charge in [-0.05, 0) is 24.3 Å². The molecule has 0 fully saturated rings. The van der Waals surface area contributed by atoms with Crippen LogP contribution in [0.25, 0.3) is 0 Å². The van der Waals surface area contributed by atoms with Crippen molar-refractivity contribution >= 4 is 27.4 Å². The quantitative estimate of drug-likeness (QED) is 0.935. The number of carboxylic acids is 1. The second-order valence-electron chi connectivity index (χ2n) is 4.30. The van der Waals surface area contributed by atoms with Crippen molar-refractivity contribution in [3.05, 3.63) is 64.4 Å². The molecule has 0 bridgehead atoms. The summed E-state index contributed by atoms with van der Waals surface area (Å²) in [4.78, 5) is 10.7. The summed E-state index contributed by atoms with van der Waals surface area (Å²) in [6.07, 6.45) is 0. The van der Waals surface area contributed by atoms with Crippen LogP contribution in [0.3, 0.4) is 0 Å². The van der Waals surface area contributed by atoms with Crippen molar-refractivity contribution in [3.63, 3.8) is 0 Å². The van der Waals surface area contributed by atoms with Gasteiger partial charge in [0.1, 0.15) is 5.82 Å². The van der Waals surface area contributed by atoms with Crippen LogP contribution in [0.1, 0.15) is 15.9 Å². The van der Waals surface area contributed by atoms with Gasteiger partial charge >= 0.3 is 5.97 Å². The Bertz CT molecular complexity index is 802. The smallest absolute Gasteiger partial charge is 0.337 e. The van der Waals surface area contributed by atoms with Crippen LogP contribution in [0.5, 0.6) is 0 Å². The van der Waals surface area contributed by atoms with Gasteiger partial charge in [-0.3, -0.25) is 0 Å². The fourth-order valence-corrected chi connectivity index (χ4v) is 3.57. The molecule has 0 saturated heterocycles.